The van der Waals surface area contributed by atoms with Gasteiger partial charge in [0.25, 0.3) is 0 Å². The Balaban J connectivity index is 2.12. The van der Waals surface area contributed by atoms with Crippen LogP contribution in [0.2, 0.25) is 0 Å². The molecule has 20 heavy (non-hydrogen) atoms. The molecule has 1 aromatic heterocycles. The van der Waals surface area contributed by atoms with E-state index >= 15 is 0 Å². The lowest BCUT2D eigenvalue weighted by atomic mass is 10.0. The molecule has 0 unspecified atom stereocenters. The van der Waals surface area contributed by atoms with E-state index in [2.05, 4.69) is 4.98 Å². The lowest BCUT2D eigenvalue weighted by Crippen LogP contribution is -2.06. The SMILES string of the molecule is O=C(O)c1nc2ccccc2cc1Cc1ccccc1. The topological polar surface area (TPSA) is 50.2 Å². The van der Waals surface area contributed by atoms with Gasteiger partial charge in [0.1, 0.15) is 0 Å². The highest BCUT2D eigenvalue weighted by Crippen LogP contribution is 2.19. The van der Waals surface area contributed by atoms with Crippen LogP contribution in [0.1, 0.15) is 21.6 Å². The summed E-state index contributed by atoms with van der Waals surface area (Å²) >= 11 is 0. The van der Waals surface area contributed by atoms with Gasteiger partial charge in [0.2, 0.25) is 0 Å². The Hall–Kier alpha value is -2.68. The molecule has 3 heteroatoms. The molecule has 3 rings (SSSR count). The minimum absolute atomic E-state index is 0.132. The standard InChI is InChI=1S/C17H13NO2/c19-17(20)16-14(10-12-6-2-1-3-7-12)11-13-8-4-5-9-15(13)18-16/h1-9,11H,10H2,(H,19,20). The van der Waals surface area contributed by atoms with E-state index in [4.69, 9.17) is 0 Å². The number of pyridine rings is 1. The highest BCUT2D eigenvalue weighted by atomic mass is 16.4. The fraction of sp³-hybridized carbons (Fsp3) is 0.0588. The number of aromatic nitrogens is 1. The fourth-order valence-electron chi connectivity index (χ4n) is 2.30. The Bertz CT molecular complexity index is 766. The maximum Gasteiger partial charge on any atom is 0.354 e. The Morgan fingerprint density at radius 2 is 1.70 bits per heavy atom. The highest BCUT2D eigenvalue weighted by molar-refractivity contribution is 5.91. The van der Waals surface area contributed by atoms with E-state index in [0.717, 1.165) is 16.5 Å². The van der Waals surface area contributed by atoms with E-state index in [1.807, 2.05) is 60.7 Å². The number of aromatic carboxylic acids is 1. The van der Waals surface area contributed by atoms with Crippen molar-refractivity contribution in [2.75, 3.05) is 0 Å². The summed E-state index contributed by atoms with van der Waals surface area (Å²) in [5, 5.41) is 10.3. The van der Waals surface area contributed by atoms with Gasteiger partial charge in [-0.3, -0.25) is 0 Å². The van der Waals surface area contributed by atoms with E-state index in [9.17, 15) is 9.90 Å². The molecule has 0 saturated carbocycles. The quantitative estimate of drug-likeness (QED) is 0.786. The van der Waals surface area contributed by atoms with Crippen LogP contribution in [0.25, 0.3) is 10.9 Å². The lowest BCUT2D eigenvalue weighted by molar-refractivity contribution is 0.0690. The largest absolute Gasteiger partial charge is 0.477 e. The van der Waals surface area contributed by atoms with Gasteiger partial charge in [-0.25, -0.2) is 9.78 Å². The summed E-state index contributed by atoms with van der Waals surface area (Å²) in [6.07, 6.45) is 0.570. The van der Waals surface area contributed by atoms with Crippen molar-refractivity contribution in [2.24, 2.45) is 0 Å². The van der Waals surface area contributed by atoms with Crippen LogP contribution in [-0.2, 0) is 6.42 Å². The Morgan fingerprint density at radius 3 is 2.45 bits per heavy atom. The molecule has 98 valence electrons. The third-order valence-electron chi connectivity index (χ3n) is 3.24. The zero-order valence-electron chi connectivity index (χ0n) is 10.8. The molecule has 0 spiro atoms. The molecule has 0 aliphatic rings. The number of fused-ring (bicyclic) bond motifs is 1. The van der Waals surface area contributed by atoms with E-state index in [1.54, 1.807) is 0 Å². The molecule has 3 aromatic rings. The van der Waals surface area contributed by atoms with Crippen LogP contribution in [0, 0.1) is 0 Å². The average molecular weight is 263 g/mol. The fourth-order valence-corrected chi connectivity index (χ4v) is 2.30. The molecule has 1 N–H and O–H groups in total. The molecule has 0 radical (unpaired) electrons. The van der Waals surface area contributed by atoms with Crippen molar-refractivity contribution in [1.29, 1.82) is 0 Å². The highest BCUT2D eigenvalue weighted by Gasteiger charge is 2.13. The smallest absolute Gasteiger partial charge is 0.354 e. The number of carbonyl (C=O) groups is 1. The third kappa shape index (κ3) is 2.38. The van der Waals surface area contributed by atoms with Crippen molar-refractivity contribution in [2.45, 2.75) is 6.42 Å². The molecular formula is C17H13NO2. The van der Waals surface area contributed by atoms with Gasteiger partial charge >= 0.3 is 5.97 Å². The number of hydrogen-bond donors (Lipinski definition) is 1. The first-order chi connectivity index (χ1) is 9.74. The predicted octanol–water partition coefficient (Wildman–Crippen LogP) is 3.52. The molecular weight excluding hydrogens is 250 g/mol. The van der Waals surface area contributed by atoms with Gasteiger partial charge < -0.3 is 5.11 Å². The summed E-state index contributed by atoms with van der Waals surface area (Å²) in [4.78, 5) is 15.7. The van der Waals surface area contributed by atoms with Crippen LogP contribution in [0.5, 0.6) is 0 Å². The molecule has 1 heterocycles. The van der Waals surface area contributed by atoms with Gasteiger partial charge in [0.15, 0.2) is 5.69 Å². The first-order valence-corrected chi connectivity index (χ1v) is 6.40. The Morgan fingerprint density at radius 1 is 1.00 bits per heavy atom. The summed E-state index contributed by atoms with van der Waals surface area (Å²) in [7, 11) is 0. The van der Waals surface area contributed by atoms with Gasteiger partial charge in [-0.2, -0.15) is 0 Å². The molecule has 2 aromatic carbocycles. The van der Waals surface area contributed by atoms with Gasteiger partial charge in [-0.1, -0.05) is 48.5 Å². The van der Waals surface area contributed by atoms with E-state index in [0.29, 0.717) is 11.9 Å². The molecule has 0 atom stereocenters. The van der Waals surface area contributed by atoms with Gasteiger partial charge in [-0.05, 0) is 29.7 Å². The van der Waals surface area contributed by atoms with Crippen LogP contribution in [0.3, 0.4) is 0 Å². The second-order valence-corrected chi connectivity index (χ2v) is 4.66. The number of nitrogens with zero attached hydrogens (tertiary/aromatic N) is 1. The summed E-state index contributed by atoms with van der Waals surface area (Å²) in [6, 6.07) is 19.3. The van der Waals surface area contributed by atoms with E-state index in [1.165, 1.54) is 0 Å². The van der Waals surface area contributed by atoms with Crippen molar-refractivity contribution in [3.8, 4) is 0 Å². The van der Waals surface area contributed by atoms with Crippen LogP contribution < -0.4 is 0 Å². The lowest BCUT2D eigenvalue weighted by Gasteiger charge is -2.08. The molecule has 3 nitrogen and oxygen atoms in total. The molecule has 0 aliphatic heterocycles. The number of hydrogen-bond acceptors (Lipinski definition) is 2. The number of benzene rings is 2. The van der Waals surface area contributed by atoms with Crippen molar-refractivity contribution in [1.82, 2.24) is 4.98 Å². The summed E-state index contributed by atoms with van der Waals surface area (Å²) in [5.74, 6) is -0.985. The minimum atomic E-state index is -0.985. The van der Waals surface area contributed by atoms with Crippen molar-refractivity contribution in [3.63, 3.8) is 0 Å². The average Bonchev–Trinajstić information content (AvgIpc) is 2.47. The number of carboxylic acids is 1. The van der Waals surface area contributed by atoms with Gasteiger partial charge in [0, 0.05) is 5.39 Å². The van der Waals surface area contributed by atoms with Crippen LogP contribution in [0.15, 0.2) is 60.7 Å². The second-order valence-electron chi connectivity index (χ2n) is 4.66. The number of para-hydroxylation sites is 1. The summed E-state index contributed by atoms with van der Waals surface area (Å²) in [5.41, 5.74) is 2.66. The molecule has 0 saturated heterocycles. The van der Waals surface area contributed by atoms with Gasteiger partial charge in [0.05, 0.1) is 5.52 Å². The third-order valence-corrected chi connectivity index (χ3v) is 3.24. The zero-order valence-corrected chi connectivity index (χ0v) is 10.8. The first kappa shape index (κ1) is 12.4. The van der Waals surface area contributed by atoms with Crippen LogP contribution in [0.4, 0.5) is 0 Å². The second kappa shape index (κ2) is 5.13. The minimum Gasteiger partial charge on any atom is -0.477 e. The Labute approximate surface area is 116 Å². The number of carboxylic acid groups (broad SMARTS) is 1. The summed E-state index contributed by atoms with van der Waals surface area (Å²) in [6.45, 7) is 0. The van der Waals surface area contributed by atoms with Gasteiger partial charge in [-0.15, -0.1) is 0 Å². The molecule has 0 aliphatic carbocycles. The van der Waals surface area contributed by atoms with Crippen LogP contribution >= 0.6 is 0 Å². The normalized spacial score (nSPS) is 10.6. The van der Waals surface area contributed by atoms with E-state index in [-0.39, 0.29) is 5.69 Å². The zero-order chi connectivity index (χ0) is 13.9. The molecule has 0 fully saturated rings. The maximum absolute atomic E-state index is 11.4. The predicted molar refractivity (Wildman–Crippen MR) is 78.0 cm³/mol. The van der Waals surface area contributed by atoms with E-state index < -0.39 is 5.97 Å². The number of rotatable bonds is 3. The molecule has 0 amide bonds. The molecule has 0 bridgehead atoms. The first-order valence-electron chi connectivity index (χ1n) is 6.40. The van der Waals surface area contributed by atoms with Crippen molar-refractivity contribution < 1.29 is 9.90 Å². The van der Waals surface area contributed by atoms with Crippen LogP contribution in [-0.4, -0.2) is 16.1 Å². The Kier molecular flexibility index (Phi) is 3.17. The monoisotopic (exact) mass is 263 g/mol. The summed E-state index contributed by atoms with van der Waals surface area (Å²) < 4.78 is 0. The van der Waals surface area contributed by atoms with Crippen molar-refractivity contribution >= 4 is 16.9 Å². The van der Waals surface area contributed by atoms with Crippen molar-refractivity contribution in [3.05, 3.63) is 77.5 Å². The maximum atomic E-state index is 11.4.